The second-order valence-electron chi connectivity index (χ2n) is 14.9. The summed E-state index contributed by atoms with van der Waals surface area (Å²) in [4.78, 5) is 20.3. The molecule has 3 nitrogen and oxygen atoms in total. The highest BCUT2D eigenvalue weighted by atomic mass is 31.2. The maximum atomic E-state index is 10.2. The summed E-state index contributed by atoms with van der Waals surface area (Å²) in [6.45, 7) is 31.1. The second kappa shape index (κ2) is 11.1. The van der Waals surface area contributed by atoms with Crippen molar-refractivity contribution in [3.05, 3.63) is 82.9 Å². The van der Waals surface area contributed by atoms with E-state index in [4.69, 9.17) is 4.52 Å². The molecule has 3 aromatic carbocycles. The van der Waals surface area contributed by atoms with Crippen LogP contribution in [0.5, 0.6) is 5.75 Å². The quantitative estimate of drug-likeness (QED) is 0.305. The van der Waals surface area contributed by atoms with Crippen molar-refractivity contribution in [3.63, 3.8) is 0 Å². The number of hydrogen-bond donors (Lipinski definition) is 2. The topological polar surface area (TPSA) is 49.7 Å². The fourth-order valence-electron chi connectivity index (χ4n) is 5.59. The molecule has 0 amide bonds. The molecule has 2 N–H and O–H groups in total. The van der Waals surface area contributed by atoms with Gasteiger partial charge >= 0.3 is 8.60 Å². The van der Waals surface area contributed by atoms with Gasteiger partial charge < -0.3 is 14.3 Å². The van der Waals surface area contributed by atoms with Gasteiger partial charge in [0.25, 0.3) is 0 Å². The molecule has 0 radical (unpaired) electrons. The minimum atomic E-state index is -2.64. The molecule has 0 aliphatic carbocycles. The Labute approximate surface area is 244 Å². The molecule has 216 valence electrons. The lowest BCUT2D eigenvalue weighted by atomic mass is 9.69. The van der Waals surface area contributed by atoms with Crippen LogP contribution in [0.15, 0.2) is 55.1 Å². The summed E-state index contributed by atoms with van der Waals surface area (Å²) >= 11 is 0. The number of benzene rings is 3. The lowest BCUT2D eigenvalue weighted by molar-refractivity contribution is 0.375. The van der Waals surface area contributed by atoms with Crippen LogP contribution in [0.1, 0.15) is 111 Å². The molecule has 0 spiro atoms. The van der Waals surface area contributed by atoms with Crippen LogP contribution in [-0.2, 0) is 21.7 Å². The Kier molecular flexibility index (Phi) is 8.89. The molecule has 0 atom stereocenters. The summed E-state index contributed by atoms with van der Waals surface area (Å²) in [5.74, 6) is 0.461. The Hall–Kier alpha value is -2.45. The van der Waals surface area contributed by atoms with E-state index in [1.807, 2.05) is 18.2 Å². The molecule has 40 heavy (non-hydrogen) atoms. The van der Waals surface area contributed by atoms with Crippen LogP contribution in [0.25, 0.3) is 28.3 Å². The van der Waals surface area contributed by atoms with E-state index >= 15 is 0 Å². The van der Waals surface area contributed by atoms with Gasteiger partial charge in [-0.3, -0.25) is 0 Å². The van der Waals surface area contributed by atoms with E-state index in [9.17, 15) is 9.79 Å². The van der Waals surface area contributed by atoms with E-state index in [0.29, 0.717) is 5.75 Å². The van der Waals surface area contributed by atoms with Gasteiger partial charge in [0.05, 0.1) is 0 Å². The number of rotatable bonds is 5. The monoisotopic (exact) mass is 560 g/mol. The van der Waals surface area contributed by atoms with E-state index in [1.54, 1.807) is 0 Å². The summed E-state index contributed by atoms with van der Waals surface area (Å²) in [6.07, 6.45) is 1.91. The predicted octanol–water partition coefficient (Wildman–Crippen LogP) is 10.4. The second-order valence-corrected chi connectivity index (χ2v) is 15.6. The maximum Gasteiger partial charge on any atom is 0.391 e. The lowest BCUT2D eigenvalue weighted by Crippen LogP contribution is -2.21. The Morgan fingerprint density at radius 3 is 1.20 bits per heavy atom. The van der Waals surface area contributed by atoms with Crippen molar-refractivity contribution in [1.82, 2.24) is 0 Å². The zero-order valence-corrected chi connectivity index (χ0v) is 27.5. The molecular formula is C36H49O3P. The summed E-state index contributed by atoms with van der Waals surface area (Å²) in [5.41, 5.74) is 9.24. The van der Waals surface area contributed by atoms with Gasteiger partial charge in [-0.15, -0.1) is 0 Å². The van der Waals surface area contributed by atoms with E-state index in [2.05, 4.69) is 126 Å². The molecule has 0 bridgehead atoms. The molecular weight excluding hydrogens is 511 g/mol. The third-order valence-electron chi connectivity index (χ3n) is 7.46. The highest BCUT2D eigenvalue weighted by molar-refractivity contribution is 7.39. The first-order valence-electron chi connectivity index (χ1n) is 14.1. The summed E-state index contributed by atoms with van der Waals surface area (Å²) in [7, 11) is -2.64. The van der Waals surface area contributed by atoms with E-state index in [-0.39, 0.29) is 21.7 Å². The van der Waals surface area contributed by atoms with E-state index in [1.165, 1.54) is 22.3 Å². The molecule has 0 unspecified atom stereocenters. The Morgan fingerprint density at radius 1 is 0.550 bits per heavy atom. The van der Waals surface area contributed by atoms with Crippen molar-refractivity contribution in [1.29, 1.82) is 0 Å². The average molecular weight is 561 g/mol. The lowest BCUT2D eigenvalue weighted by Gasteiger charge is -2.35. The van der Waals surface area contributed by atoms with Crippen LogP contribution in [0.3, 0.4) is 0 Å². The molecule has 0 aromatic heterocycles. The summed E-state index contributed by atoms with van der Waals surface area (Å²) < 4.78 is 5.89. The minimum Gasteiger partial charge on any atom is -0.426 e. The minimum absolute atomic E-state index is 0.153. The Bertz CT molecular complexity index is 1320. The first kappa shape index (κ1) is 32.1. The predicted molar refractivity (Wildman–Crippen MR) is 174 cm³/mol. The van der Waals surface area contributed by atoms with E-state index in [0.717, 1.165) is 27.8 Å². The summed E-state index contributed by atoms with van der Waals surface area (Å²) in [5, 5.41) is 0. The van der Waals surface area contributed by atoms with E-state index < -0.39 is 8.60 Å². The van der Waals surface area contributed by atoms with Gasteiger partial charge in [-0.05, 0) is 66.7 Å². The van der Waals surface area contributed by atoms with Gasteiger partial charge in [0.15, 0.2) is 0 Å². The molecule has 0 aliphatic rings. The molecule has 4 heteroatoms. The van der Waals surface area contributed by atoms with Crippen LogP contribution < -0.4 is 4.52 Å². The zero-order valence-electron chi connectivity index (χ0n) is 26.7. The van der Waals surface area contributed by atoms with Crippen molar-refractivity contribution < 1.29 is 14.3 Å². The normalized spacial score (nSPS) is 13.1. The molecule has 0 heterocycles. The molecule has 0 fully saturated rings. The Morgan fingerprint density at radius 2 is 0.900 bits per heavy atom. The fraction of sp³-hybridized carbons (Fsp3) is 0.444. The highest BCUT2D eigenvalue weighted by Gasteiger charge is 2.34. The largest absolute Gasteiger partial charge is 0.426 e. The van der Waals surface area contributed by atoms with Gasteiger partial charge in [0, 0.05) is 11.1 Å². The SMILES string of the molecule is C=Cc1ccc(OP(O)O)c(-c2c(C(C)(C)C)cccc2C(C)(C)C)c1-c1c(C(C)(C)C)cccc1C(C)(C)C. The molecule has 0 aliphatic heterocycles. The molecule has 3 rings (SSSR count). The van der Waals surface area contributed by atoms with Crippen LogP contribution in [0.4, 0.5) is 0 Å². The van der Waals surface area contributed by atoms with Gasteiger partial charge in [0.2, 0.25) is 0 Å². The fourth-order valence-corrected chi connectivity index (χ4v) is 5.92. The van der Waals surface area contributed by atoms with Crippen molar-refractivity contribution in [2.45, 2.75) is 105 Å². The van der Waals surface area contributed by atoms with Crippen LogP contribution >= 0.6 is 8.60 Å². The summed E-state index contributed by atoms with van der Waals surface area (Å²) in [6, 6.07) is 17.0. The van der Waals surface area contributed by atoms with Crippen LogP contribution in [0.2, 0.25) is 0 Å². The Balaban J connectivity index is 2.80. The van der Waals surface area contributed by atoms with Gasteiger partial charge in [0.1, 0.15) is 5.75 Å². The van der Waals surface area contributed by atoms with Crippen molar-refractivity contribution in [2.75, 3.05) is 0 Å². The first-order chi connectivity index (χ1) is 18.2. The van der Waals surface area contributed by atoms with Crippen molar-refractivity contribution >= 4 is 14.7 Å². The van der Waals surface area contributed by atoms with Crippen LogP contribution in [-0.4, -0.2) is 9.79 Å². The molecule has 0 saturated carbocycles. The highest BCUT2D eigenvalue weighted by Crippen LogP contribution is 2.53. The maximum absolute atomic E-state index is 10.2. The average Bonchev–Trinajstić information content (AvgIpc) is 2.80. The third-order valence-corrected chi connectivity index (χ3v) is 7.82. The number of hydrogen-bond acceptors (Lipinski definition) is 3. The molecule has 0 saturated heterocycles. The first-order valence-corrected chi connectivity index (χ1v) is 15.3. The third kappa shape index (κ3) is 6.54. The zero-order chi connectivity index (χ0) is 30.4. The van der Waals surface area contributed by atoms with Gasteiger partial charge in [-0.2, -0.15) is 0 Å². The molecule has 3 aromatic rings. The van der Waals surface area contributed by atoms with Gasteiger partial charge in [-0.25, -0.2) is 0 Å². The smallest absolute Gasteiger partial charge is 0.391 e. The van der Waals surface area contributed by atoms with Crippen molar-refractivity contribution in [2.24, 2.45) is 0 Å². The van der Waals surface area contributed by atoms with Crippen LogP contribution in [0, 0.1) is 0 Å². The van der Waals surface area contributed by atoms with Crippen molar-refractivity contribution in [3.8, 4) is 28.0 Å². The van der Waals surface area contributed by atoms with Gasteiger partial charge in [-0.1, -0.05) is 138 Å². The standard InChI is InChI=1S/C36H49O3P/c1-14-23-21-22-28(39-40(37)38)32(31-26(35(8,9)10)19-16-20-27(31)36(11,12)13)29(23)30-24(33(2,3)4)17-15-18-25(30)34(5,6)7/h14-22,37-38H,1H2,2-13H3.